The molecule has 1 fully saturated rings. The van der Waals surface area contributed by atoms with Crippen molar-refractivity contribution < 1.29 is 14.3 Å². The lowest BCUT2D eigenvalue weighted by molar-refractivity contribution is -0.106. The number of nitrogens with two attached hydrogens (primary N) is 1. The van der Waals surface area contributed by atoms with Gasteiger partial charge in [0.2, 0.25) is 12.4 Å². The lowest BCUT2D eigenvalue weighted by atomic mass is 9.96. The van der Waals surface area contributed by atoms with E-state index in [0.29, 0.717) is 23.2 Å². The van der Waals surface area contributed by atoms with E-state index < -0.39 is 11.4 Å². The molecule has 0 atom stereocenters. The van der Waals surface area contributed by atoms with E-state index in [1.807, 2.05) is 0 Å². The number of halogens is 1. The number of primary amides is 1. The van der Waals surface area contributed by atoms with Crippen molar-refractivity contribution in [3.05, 3.63) is 36.0 Å². The molecule has 0 radical (unpaired) electrons. The molecule has 3 rings (SSSR count). The van der Waals surface area contributed by atoms with Gasteiger partial charge in [0.25, 0.3) is 0 Å². The first-order valence-corrected chi connectivity index (χ1v) is 8.99. The van der Waals surface area contributed by atoms with E-state index in [4.69, 9.17) is 4.79 Å². The minimum atomic E-state index is -1.09. The fourth-order valence-electron chi connectivity index (χ4n) is 2.98. The van der Waals surface area contributed by atoms with E-state index in [1.54, 1.807) is 32.2 Å². The van der Waals surface area contributed by atoms with E-state index in [9.17, 15) is 9.50 Å². The van der Waals surface area contributed by atoms with Crippen LogP contribution in [0.15, 0.2) is 24.5 Å². The molecule has 27 heavy (non-hydrogen) atoms. The molecular weight excluding hydrogens is 349 g/mol. The zero-order valence-electron chi connectivity index (χ0n) is 15.7. The average Bonchev–Trinajstić information content (AvgIpc) is 2.64. The number of pyridine rings is 1. The first kappa shape index (κ1) is 20.7. The van der Waals surface area contributed by atoms with Gasteiger partial charge in [0.15, 0.2) is 5.82 Å². The highest BCUT2D eigenvalue weighted by Gasteiger charge is 2.20. The molecule has 0 unspecified atom stereocenters. The summed E-state index contributed by atoms with van der Waals surface area (Å²) in [6.45, 7) is 3.29. The Bertz CT molecular complexity index is 758. The summed E-state index contributed by atoms with van der Waals surface area (Å²) in [4.78, 5) is 21.2. The maximum absolute atomic E-state index is 14.2. The molecule has 2 aromatic heterocycles. The molecule has 2 aromatic rings. The topological polar surface area (TPSA) is 114 Å². The van der Waals surface area contributed by atoms with E-state index in [-0.39, 0.29) is 12.1 Å². The summed E-state index contributed by atoms with van der Waals surface area (Å²) in [5.74, 6) is -0.0444. The maximum Gasteiger partial charge on any atom is 0.223 e. The Balaban J connectivity index is 0.000000817. The van der Waals surface area contributed by atoms with Crippen LogP contribution in [-0.4, -0.2) is 32.5 Å². The predicted molar refractivity (Wildman–Crippen MR) is 101 cm³/mol. The fourth-order valence-corrected chi connectivity index (χ4v) is 2.98. The first-order valence-electron chi connectivity index (χ1n) is 8.99. The van der Waals surface area contributed by atoms with Crippen molar-refractivity contribution in [2.75, 3.05) is 5.32 Å². The average molecular weight is 375 g/mol. The number of carbonyl (C=O) groups is 1. The third kappa shape index (κ3) is 5.96. The Morgan fingerprint density at radius 2 is 1.96 bits per heavy atom. The molecule has 1 aliphatic carbocycles. The largest absolute Gasteiger partial charge is 0.384 e. The molecule has 1 aliphatic rings. The second kappa shape index (κ2) is 9.36. The lowest BCUT2D eigenvalue weighted by Crippen LogP contribution is -2.23. The molecule has 4 N–H and O–H groups in total. The summed E-state index contributed by atoms with van der Waals surface area (Å²) in [5.41, 5.74) is 4.34. The number of aliphatic hydroxyl groups is 1. The smallest absolute Gasteiger partial charge is 0.223 e. The minimum absolute atomic E-state index is 0.219. The van der Waals surface area contributed by atoms with Crippen LogP contribution in [0.4, 0.5) is 10.3 Å². The Kier molecular flexibility index (Phi) is 7.18. The number of hydrogen-bond acceptors (Lipinski definition) is 6. The number of carbonyl (C=O) groups excluding carboxylic acids is 1. The SMILES string of the molecule is CC(C)(O)c1cc(-c2nc(NC3CCCCC3)ncc2F)ccn1.NC=O. The Labute approximate surface area is 158 Å². The van der Waals surface area contributed by atoms with Crippen molar-refractivity contribution in [2.24, 2.45) is 5.73 Å². The summed E-state index contributed by atoms with van der Waals surface area (Å²) in [7, 11) is 0. The molecule has 1 amide bonds. The number of rotatable bonds is 4. The predicted octanol–water partition coefficient (Wildman–Crippen LogP) is 2.75. The van der Waals surface area contributed by atoms with E-state index >= 15 is 0 Å². The normalized spacial score (nSPS) is 14.8. The minimum Gasteiger partial charge on any atom is -0.384 e. The highest BCUT2D eigenvalue weighted by Crippen LogP contribution is 2.26. The number of amides is 1. The van der Waals surface area contributed by atoms with Crippen LogP contribution in [-0.2, 0) is 10.4 Å². The number of nitrogens with zero attached hydrogens (tertiary/aromatic N) is 3. The van der Waals surface area contributed by atoms with Crippen LogP contribution >= 0.6 is 0 Å². The highest BCUT2D eigenvalue weighted by molar-refractivity contribution is 5.61. The van der Waals surface area contributed by atoms with Crippen molar-refractivity contribution in [2.45, 2.75) is 57.6 Å². The van der Waals surface area contributed by atoms with Crippen molar-refractivity contribution in [3.8, 4) is 11.3 Å². The number of hydrogen-bond donors (Lipinski definition) is 3. The molecule has 0 saturated heterocycles. The van der Waals surface area contributed by atoms with Gasteiger partial charge in [-0.3, -0.25) is 9.78 Å². The van der Waals surface area contributed by atoms with Crippen LogP contribution in [0.1, 0.15) is 51.6 Å². The summed E-state index contributed by atoms with van der Waals surface area (Å²) in [6.07, 6.45) is 8.85. The molecule has 1 saturated carbocycles. The van der Waals surface area contributed by atoms with Crippen molar-refractivity contribution >= 4 is 12.4 Å². The second-order valence-corrected chi connectivity index (χ2v) is 6.99. The third-order valence-corrected chi connectivity index (χ3v) is 4.34. The lowest BCUT2D eigenvalue weighted by Gasteiger charge is -2.23. The van der Waals surface area contributed by atoms with Gasteiger partial charge >= 0.3 is 0 Å². The van der Waals surface area contributed by atoms with Crippen LogP contribution in [0.25, 0.3) is 11.3 Å². The number of nitrogens with one attached hydrogen (secondary N) is 1. The van der Waals surface area contributed by atoms with Gasteiger partial charge in [-0.1, -0.05) is 19.3 Å². The van der Waals surface area contributed by atoms with Gasteiger partial charge in [0.1, 0.15) is 11.3 Å². The molecule has 146 valence electrons. The molecular formula is C19H26FN5O2. The van der Waals surface area contributed by atoms with Crippen molar-refractivity contribution in [1.82, 2.24) is 15.0 Å². The van der Waals surface area contributed by atoms with Gasteiger partial charge < -0.3 is 16.2 Å². The maximum atomic E-state index is 14.2. The summed E-state index contributed by atoms with van der Waals surface area (Å²) >= 11 is 0. The molecule has 0 bridgehead atoms. The molecule has 7 nitrogen and oxygen atoms in total. The van der Waals surface area contributed by atoms with Crippen LogP contribution in [0, 0.1) is 5.82 Å². The Morgan fingerprint density at radius 3 is 2.59 bits per heavy atom. The highest BCUT2D eigenvalue weighted by atomic mass is 19.1. The van der Waals surface area contributed by atoms with Gasteiger partial charge in [-0.15, -0.1) is 0 Å². The van der Waals surface area contributed by atoms with Gasteiger partial charge in [-0.25, -0.2) is 14.4 Å². The zero-order chi connectivity index (χ0) is 19.9. The summed E-state index contributed by atoms with van der Waals surface area (Å²) in [6, 6.07) is 3.70. The van der Waals surface area contributed by atoms with Crippen LogP contribution in [0.2, 0.25) is 0 Å². The fraction of sp³-hybridized carbons (Fsp3) is 0.474. The molecule has 0 aliphatic heterocycles. The molecule has 0 spiro atoms. The van der Waals surface area contributed by atoms with E-state index in [2.05, 4.69) is 26.0 Å². The Hall–Kier alpha value is -2.61. The van der Waals surface area contributed by atoms with Crippen molar-refractivity contribution in [3.63, 3.8) is 0 Å². The second-order valence-electron chi connectivity index (χ2n) is 6.99. The van der Waals surface area contributed by atoms with Crippen LogP contribution in [0.5, 0.6) is 0 Å². The molecule has 8 heteroatoms. The van der Waals surface area contributed by atoms with Crippen molar-refractivity contribution in [1.29, 1.82) is 0 Å². The molecule has 0 aromatic carbocycles. The first-order chi connectivity index (χ1) is 12.8. The van der Waals surface area contributed by atoms with Crippen LogP contribution < -0.4 is 11.1 Å². The van der Waals surface area contributed by atoms with Gasteiger partial charge in [0.05, 0.1) is 11.9 Å². The number of anilines is 1. The van der Waals surface area contributed by atoms with E-state index in [1.165, 1.54) is 25.5 Å². The monoisotopic (exact) mass is 375 g/mol. The van der Waals surface area contributed by atoms with Gasteiger partial charge in [-0.05, 0) is 38.8 Å². The quantitative estimate of drug-likeness (QED) is 0.708. The molecule has 2 heterocycles. The van der Waals surface area contributed by atoms with Gasteiger partial charge in [0, 0.05) is 17.8 Å². The zero-order valence-corrected chi connectivity index (χ0v) is 15.7. The van der Waals surface area contributed by atoms with Gasteiger partial charge in [-0.2, -0.15) is 0 Å². The number of aromatic nitrogens is 3. The summed E-state index contributed by atoms with van der Waals surface area (Å²) in [5, 5.41) is 13.4. The summed E-state index contributed by atoms with van der Waals surface area (Å²) < 4.78 is 14.2. The Morgan fingerprint density at radius 1 is 1.30 bits per heavy atom. The van der Waals surface area contributed by atoms with E-state index in [0.717, 1.165) is 12.8 Å². The standard InChI is InChI=1S/C18H23FN4O.CH3NO/c1-18(2,24)15-10-12(8-9-20-15)16-14(19)11-21-17(23-16)22-13-6-4-3-5-7-13;2-1-3/h8-11,13,24H,3-7H2,1-2H3,(H,21,22,23);1H,(H2,2,3). The van der Waals surface area contributed by atoms with Crippen LogP contribution in [0.3, 0.4) is 0 Å². The third-order valence-electron chi connectivity index (χ3n) is 4.34.